The van der Waals surface area contributed by atoms with Crippen molar-refractivity contribution in [3.8, 4) is 5.75 Å². The molecule has 0 spiro atoms. The number of carbonyl (C=O) groups is 1. The van der Waals surface area contributed by atoms with E-state index in [-0.39, 0.29) is 6.10 Å². The lowest BCUT2D eigenvalue weighted by Crippen LogP contribution is -2.33. The number of anilines is 2. The molecule has 0 aromatic carbocycles. The van der Waals surface area contributed by atoms with Crippen molar-refractivity contribution in [1.82, 2.24) is 0 Å². The SMILES string of the molecule is CCC1CCN(c2sc(C(N)=O)c(N)c2OC(C)C)CC1. The van der Waals surface area contributed by atoms with Gasteiger partial charge >= 0.3 is 0 Å². The zero-order chi connectivity index (χ0) is 15.6. The molecule has 2 rings (SSSR count). The van der Waals surface area contributed by atoms with Crippen LogP contribution in [0.15, 0.2) is 0 Å². The number of rotatable bonds is 5. The van der Waals surface area contributed by atoms with E-state index in [1.807, 2.05) is 13.8 Å². The molecule has 1 aromatic rings. The molecule has 1 fully saturated rings. The fourth-order valence-electron chi connectivity index (χ4n) is 2.70. The smallest absolute Gasteiger partial charge is 0.261 e. The molecule has 5 nitrogen and oxygen atoms in total. The van der Waals surface area contributed by atoms with Crippen molar-refractivity contribution in [3.05, 3.63) is 4.88 Å². The molecule has 118 valence electrons. The quantitative estimate of drug-likeness (QED) is 0.876. The van der Waals surface area contributed by atoms with E-state index in [9.17, 15) is 4.79 Å². The summed E-state index contributed by atoms with van der Waals surface area (Å²) in [4.78, 5) is 14.2. The Balaban J connectivity index is 2.29. The van der Waals surface area contributed by atoms with Crippen molar-refractivity contribution in [2.75, 3.05) is 23.7 Å². The molecule has 21 heavy (non-hydrogen) atoms. The van der Waals surface area contributed by atoms with E-state index < -0.39 is 5.91 Å². The fraction of sp³-hybridized carbons (Fsp3) is 0.667. The number of carbonyl (C=O) groups excluding carboxylic acids is 1. The predicted molar refractivity (Wildman–Crippen MR) is 88.2 cm³/mol. The Labute approximate surface area is 130 Å². The molecule has 1 aliphatic heterocycles. The Kier molecular flexibility index (Phi) is 4.98. The van der Waals surface area contributed by atoms with Crippen LogP contribution in [0.1, 0.15) is 49.7 Å². The minimum atomic E-state index is -0.485. The van der Waals surface area contributed by atoms with E-state index in [0.29, 0.717) is 16.3 Å². The topological polar surface area (TPSA) is 81.6 Å². The standard InChI is InChI=1S/C15H25N3O2S/c1-4-10-5-7-18(8-6-10)15-12(20-9(2)3)11(16)13(21-15)14(17)19/h9-10H,4-8,16H2,1-3H3,(H2,17,19). The van der Waals surface area contributed by atoms with Crippen molar-refractivity contribution in [2.24, 2.45) is 11.7 Å². The Morgan fingerprint density at radius 3 is 2.52 bits per heavy atom. The van der Waals surface area contributed by atoms with Crippen LogP contribution in [-0.2, 0) is 0 Å². The van der Waals surface area contributed by atoms with Gasteiger partial charge in [-0.1, -0.05) is 13.3 Å². The summed E-state index contributed by atoms with van der Waals surface area (Å²) in [6.07, 6.45) is 3.57. The average molecular weight is 311 g/mol. The summed E-state index contributed by atoms with van der Waals surface area (Å²) < 4.78 is 5.85. The molecule has 0 unspecified atom stereocenters. The summed E-state index contributed by atoms with van der Waals surface area (Å²) in [7, 11) is 0. The zero-order valence-electron chi connectivity index (χ0n) is 13.0. The molecule has 1 saturated heterocycles. The molecule has 1 aromatic heterocycles. The van der Waals surface area contributed by atoms with E-state index >= 15 is 0 Å². The van der Waals surface area contributed by atoms with Crippen LogP contribution in [0, 0.1) is 5.92 Å². The van der Waals surface area contributed by atoms with Gasteiger partial charge in [-0.15, -0.1) is 11.3 Å². The molecule has 0 radical (unpaired) electrons. The molecule has 6 heteroatoms. The minimum absolute atomic E-state index is 0.00885. The number of primary amides is 1. The fourth-order valence-corrected chi connectivity index (χ4v) is 3.76. The first-order valence-electron chi connectivity index (χ1n) is 7.57. The molecule has 0 saturated carbocycles. The summed E-state index contributed by atoms with van der Waals surface area (Å²) in [5.41, 5.74) is 11.9. The van der Waals surface area contributed by atoms with E-state index in [4.69, 9.17) is 16.2 Å². The van der Waals surface area contributed by atoms with Crippen molar-refractivity contribution in [1.29, 1.82) is 0 Å². The van der Waals surface area contributed by atoms with Crippen LogP contribution in [0.4, 0.5) is 10.7 Å². The number of hydrogen-bond acceptors (Lipinski definition) is 5. The van der Waals surface area contributed by atoms with E-state index in [1.54, 1.807) is 0 Å². The number of thiophene rings is 1. The minimum Gasteiger partial charge on any atom is -0.486 e. The van der Waals surface area contributed by atoms with Gasteiger partial charge in [0.25, 0.3) is 5.91 Å². The largest absolute Gasteiger partial charge is 0.486 e. The van der Waals surface area contributed by atoms with Crippen molar-refractivity contribution in [3.63, 3.8) is 0 Å². The highest BCUT2D eigenvalue weighted by Gasteiger charge is 2.27. The first-order chi connectivity index (χ1) is 9.93. The van der Waals surface area contributed by atoms with E-state index in [2.05, 4.69) is 11.8 Å². The molecular weight excluding hydrogens is 286 g/mol. The van der Waals surface area contributed by atoms with Gasteiger partial charge < -0.3 is 21.1 Å². The maximum absolute atomic E-state index is 11.5. The molecule has 0 atom stereocenters. The number of amides is 1. The molecule has 0 bridgehead atoms. The maximum atomic E-state index is 11.5. The van der Waals surface area contributed by atoms with Gasteiger partial charge in [-0.3, -0.25) is 4.79 Å². The number of piperidine rings is 1. The second kappa shape index (κ2) is 6.56. The van der Waals surface area contributed by atoms with Crippen LogP contribution < -0.4 is 21.1 Å². The molecular formula is C15H25N3O2S. The van der Waals surface area contributed by atoms with Crippen LogP contribution >= 0.6 is 11.3 Å². The maximum Gasteiger partial charge on any atom is 0.261 e. The Hall–Kier alpha value is -1.43. The van der Waals surface area contributed by atoms with Crippen molar-refractivity contribution < 1.29 is 9.53 Å². The van der Waals surface area contributed by atoms with Crippen LogP contribution in [0.25, 0.3) is 0 Å². The summed E-state index contributed by atoms with van der Waals surface area (Å²) in [6.45, 7) is 8.10. The van der Waals surface area contributed by atoms with Crippen LogP contribution in [0.2, 0.25) is 0 Å². The van der Waals surface area contributed by atoms with Crippen LogP contribution in [0.3, 0.4) is 0 Å². The summed E-state index contributed by atoms with van der Waals surface area (Å²) in [6, 6.07) is 0. The van der Waals surface area contributed by atoms with Gasteiger partial charge in [-0.2, -0.15) is 0 Å². The number of nitrogen functional groups attached to an aromatic ring is 1. The van der Waals surface area contributed by atoms with Crippen molar-refractivity contribution >= 4 is 27.9 Å². The Morgan fingerprint density at radius 1 is 1.43 bits per heavy atom. The van der Waals surface area contributed by atoms with E-state index in [1.165, 1.54) is 30.6 Å². The van der Waals surface area contributed by atoms with Gasteiger partial charge in [-0.25, -0.2) is 0 Å². The highest BCUT2D eigenvalue weighted by atomic mass is 32.1. The van der Waals surface area contributed by atoms with Crippen LogP contribution in [-0.4, -0.2) is 25.1 Å². The number of ether oxygens (including phenoxy) is 1. The first kappa shape index (κ1) is 15.9. The lowest BCUT2D eigenvalue weighted by molar-refractivity contribution is 0.100. The average Bonchev–Trinajstić information content (AvgIpc) is 2.76. The molecule has 1 aliphatic rings. The van der Waals surface area contributed by atoms with Gasteiger partial charge in [0, 0.05) is 13.1 Å². The van der Waals surface area contributed by atoms with Gasteiger partial charge in [0.1, 0.15) is 15.6 Å². The predicted octanol–water partition coefficient (Wildman–Crippen LogP) is 2.84. The molecule has 0 aliphatic carbocycles. The van der Waals surface area contributed by atoms with E-state index in [0.717, 1.165) is 24.0 Å². The Bertz CT molecular complexity index is 505. The lowest BCUT2D eigenvalue weighted by Gasteiger charge is -2.32. The monoisotopic (exact) mass is 311 g/mol. The number of nitrogens with zero attached hydrogens (tertiary/aromatic N) is 1. The third-order valence-corrected chi connectivity index (χ3v) is 5.20. The number of nitrogens with two attached hydrogens (primary N) is 2. The highest BCUT2D eigenvalue weighted by molar-refractivity contribution is 7.19. The number of hydrogen-bond donors (Lipinski definition) is 2. The summed E-state index contributed by atoms with van der Waals surface area (Å²) >= 11 is 1.35. The second-order valence-electron chi connectivity index (χ2n) is 5.85. The Morgan fingerprint density at radius 2 is 2.05 bits per heavy atom. The van der Waals surface area contributed by atoms with Gasteiger partial charge in [0.15, 0.2) is 5.75 Å². The summed E-state index contributed by atoms with van der Waals surface area (Å²) in [5, 5.41) is 0.949. The normalized spacial score (nSPS) is 16.5. The third kappa shape index (κ3) is 3.43. The summed E-state index contributed by atoms with van der Waals surface area (Å²) in [5.74, 6) is 0.934. The second-order valence-corrected chi connectivity index (χ2v) is 6.85. The third-order valence-electron chi connectivity index (χ3n) is 3.94. The lowest BCUT2D eigenvalue weighted by atomic mass is 9.94. The van der Waals surface area contributed by atoms with Crippen molar-refractivity contribution in [2.45, 2.75) is 46.1 Å². The molecule has 4 N–H and O–H groups in total. The van der Waals surface area contributed by atoms with Gasteiger partial charge in [0.05, 0.1) is 6.10 Å². The van der Waals surface area contributed by atoms with Crippen LogP contribution in [0.5, 0.6) is 5.75 Å². The first-order valence-corrected chi connectivity index (χ1v) is 8.39. The van der Waals surface area contributed by atoms with Gasteiger partial charge in [-0.05, 0) is 32.6 Å². The molecule has 1 amide bonds. The van der Waals surface area contributed by atoms with Gasteiger partial charge in [0.2, 0.25) is 0 Å². The highest BCUT2D eigenvalue weighted by Crippen LogP contribution is 2.46. The zero-order valence-corrected chi connectivity index (χ0v) is 13.8. The molecule has 2 heterocycles.